The van der Waals surface area contributed by atoms with Crippen LogP contribution in [0.4, 0.5) is 18.9 Å². The molecule has 3 aromatic rings. The number of benzene rings is 3. The van der Waals surface area contributed by atoms with Crippen molar-refractivity contribution in [1.29, 1.82) is 0 Å². The van der Waals surface area contributed by atoms with Gasteiger partial charge >= 0.3 is 6.18 Å². The lowest BCUT2D eigenvalue weighted by Crippen LogP contribution is -2.27. The molecule has 1 unspecified atom stereocenters. The highest BCUT2D eigenvalue weighted by Crippen LogP contribution is 2.38. The highest BCUT2D eigenvalue weighted by molar-refractivity contribution is 7.89. The van der Waals surface area contributed by atoms with E-state index in [2.05, 4.69) is 5.32 Å². The van der Waals surface area contributed by atoms with E-state index in [1.807, 2.05) is 0 Å². The Kier molecular flexibility index (Phi) is 7.41. The molecule has 0 aliphatic carbocycles. The first kappa shape index (κ1) is 25.4. The summed E-state index contributed by atoms with van der Waals surface area (Å²) in [5.41, 5.74) is 12.4. The van der Waals surface area contributed by atoms with Crippen LogP contribution in [0.2, 0.25) is 0 Å². The second kappa shape index (κ2) is 9.94. The number of nitrogens with one attached hydrogen (secondary N) is 1. The molecule has 0 saturated carbocycles. The number of rotatable bonds is 7. The van der Waals surface area contributed by atoms with Gasteiger partial charge in [-0.25, -0.2) is 13.6 Å². The summed E-state index contributed by atoms with van der Waals surface area (Å²) in [6, 6.07) is 17.5. The van der Waals surface area contributed by atoms with Crippen LogP contribution in [0, 0.1) is 0 Å². The minimum Gasteiger partial charge on any atom is -0.326 e. The Balaban J connectivity index is 1.79. The minimum absolute atomic E-state index is 0.0702. The van der Waals surface area contributed by atoms with Crippen LogP contribution >= 0.6 is 0 Å². The van der Waals surface area contributed by atoms with Crippen LogP contribution in [-0.4, -0.2) is 20.5 Å². The second-order valence-electron chi connectivity index (χ2n) is 7.66. The summed E-state index contributed by atoms with van der Waals surface area (Å²) >= 11 is 0. The van der Waals surface area contributed by atoms with Crippen molar-refractivity contribution in [2.75, 3.05) is 5.32 Å². The van der Waals surface area contributed by atoms with Crippen molar-refractivity contribution in [1.82, 2.24) is 0 Å². The Labute approximate surface area is 194 Å². The molecule has 11 heteroatoms. The van der Waals surface area contributed by atoms with Gasteiger partial charge < -0.3 is 16.8 Å². The van der Waals surface area contributed by atoms with Gasteiger partial charge in [-0.2, -0.15) is 13.2 Å². The zero-order valence-corrected chi connectivity index (χ0v) is 18.6. The molecule has 0 fully saturated rings. The summed E-state index contributed by atoms with van der Waals surface area (Å²) in [5.74, 6) is -2.89. The van der Waals surface area contributed by atoms with Crippen LogP contribution in [0.15, 0.2) is 77.7 Å². The number of halogens is 3. The largest absolute Gasteiger partial charge is 0.396 e. The summed E-state index contributed by atoms with van der Waals surface area (Å²) in [7, 11) is -3.97. The van der Waals surface area contributed by atoms with Gasteiger partial charge in [0, 0.05) is 17.7 Å². The predicted molar refractivity (Wildman–Crippen MR) is 123 cm³/mol. The van der Waals surface area contributed by atoms with Crippen LogP contribution in [0.5, 0.6) is 0 Å². The van der Waals surface area contributed by atoms with Gasteiger partial charge in [0.2, 0.25) is 15.9 Å². The fraction of sp³-hybridized carbons (Fsp3) is 0.174. The van der Waals surface area contributed by atoms with E-state index in [-0.39, 0.29) is 16.1 Å². The van der Waals surface area contributed by atoms with Crippen molar-refractivity contribution in [2.45, 2.75) is 29.6 Å². The molecule has 7 N–H and O–H groups in total. The van der Waals surface area contributed by atoms with Gasteiger partial charge in [-0.3, -0.25) is 4.79 Å². The zero-order valence-electron chi connectivity index (χ0n) is 17.8. The van der Waals surface area contributed by atoms with Gasteiger partial charge in [-0.15, -0.1) is 0 Å². The van der Waals surface area contributed by atoms with E-state index in [0.29, 0.717) is 16.7 Å². The number of sulfonamides is 1. The van der Waals surface area contributed by atoms with Gasteiger partial charge in [0.1, 0.15) is 0 Å². The highest BCUT2D eigenvalue weighted by Gasteiger charge is 2.42. The molecular formula is C23H23F3N4O3S. The summed E-state index contributed by atoms with van der Waals surface area (Å²) in [6.45, 7) is 0. The van der Waals surface area contributed by atoms with Crippen LogP contribution in [0.3, 0.4) is 0 Å². The molecule has 180 valence electrons. The summed E-state index contributed by atoms with van der Waals surface area (Å²) < 4.78 is 64.8. The van der Waals surface area contributed by atoms with E-state index in [0.717, 1.165) is 0 Å². The molecule has 7 nitrogen and oxygen atoms in total. The maximum absolute atomic E-state index is 13.7. The number of carbonyl (C=O) groups is 1. The smallest absolute Gasteiger partial charge is 0.326 e. The van der Waals surface area contributed by atoms with Crippen LogP contribution < -0.4 is 21.9 Å². The number of anilines is 1. The lowest BCUT2D eigenvalue weighted by Gasteiger charge is -2.21. The average molecular weight is 493 g/mol. The number of alkyl halides is 3. The van der Waals surface area contributed by atoms with Crippen molar-refractivity contribution in [3.8, 4) is 11.1 Å². The number of hydrogen-bond acceptors (Lipinski definition) is 5. The molecule has 0 aromatic heterocycles. The maximum atomic E-state index is 13.7. The van der Waals surface area contributed by atoms with E-state index < -0.39 is 40.6 Å². The number of carbonyl (C=O) groups excluding carboxylic acids is 1. The highest BCUT2D eigenvalue weighted by atomic mass is 32.2. The van der Waals surface area contributed by atoms with Gasteiger partial charge in [0.15, 0.2) is 0 Å². The quantitative estimate of drug-likeness (QED) is 0.373. The van der Waals surface area contributed by atoms with Crippen molar-refractivity contribution >= 4 is 21.6 Å². The number of nitrogens with two attached hydrogens (primary N) is 3. The normalized spacial score (nSPS) is 13.0. The minimum atomic E-state index is -4.67. The molecule has 0 aliphatic rings. The summed E-state index contributed by atoms with van der Waals surface area (Å²) in [4.78, 5) is 12.4. The topological polar surface area (TPSA) is 141 Å². The van der Waals surface area contributed by atoms with E-state index in [9.17, 15) is 26.4 Å². The molecule has 0 heterocycles. The standard InChI is InChI=1S/C23H23F3N4O3S/c24-23(25,26)19(15-4-3-5-16(12-15)22(27)28)13-21(31)30-17-10-8-14(9-11-17)18-6-1-2-7-20(18)34(29,32)33/h1-12,19,22H,13,27-28H2,(H,30,31)(H2,29,32,33). The van der Waals surface area contributed by atoms with E-state index >= 15 is 0 Å². The Morgan fingerprint density at radius 3 is 2.12 bits per heavy atom. The molecule has 0 saturated heterocycles. The third kappa shape index (κ3) is 6.20. The Morgan fingerprint density at radius 1 is 0.912 bits per heavy atom. The van der Waals surface area contributed by atoms with Gasteiger partial charge in [0.05, 0.1) is 17.0 Å². The first-order chi connectivity index (χ1) is 15.9. The van der Waals surface area contributed by atoms with Gasteiger partial charge in [-0.1, -0.05) is 54.6 Å². The lowest BCUT2D eigenvalue weighted by molar-refractivity contribution is -0.156. The van der Waals surface area contributed by atoms with Crippen molar-refractivity contribution < 1.29 is 26.4 Å². The van der Waals surface area contributed by atoms with Crippen molar-refractivity contribution in [3.05, 3.63) is 83.9 Å². The van der Waals surface area contributed by atoms with Crippen molar-refractivity contribution in [2.24, 2.45) is 16.6 Å². The van der Waals surface area contributed by atoms with Crippen molar-refractivity contribution in [3.63, 3.8) is 0 Å². The molecule has 0 radical (unpaired) electrons. The van der Waals surface area contributed by atoms with Crippen LogP contribution in [0.1, 0.15) is 29.6 Å². The Morgan fingerprint density at radius 2 is 1.53 bits per heavy atom. The molecule has 0 spiro atoms. The third-order valence-corrected chi connectivity index (χ3v) is 6.12. The monoisotopic (exact) mass is 492 g/mol. The first-order valence-corrected chi connectivity index (χ1v) is 11.6. The van der Waals surface area contributed by atoms with Gasteiger partial charge in [-0.05, 0) is 34.9 Å². The fourth-order valence-corrected chi connectivity index (χ4v) is 4.25. The molecule has 0 aliphatic heterocycles. The maximum Gasteiger partial charge on any atom is 0.396 e. The predicted octanol–water partition coefficient (Wildman–Crippen LogP) is 3.59. The second-order valence-corrected chi connectivity index (χ2v) is 9.19. The van der Waals surface area contributed by atoms with Crippen LogP contribution in [0.25, 0.3) is 11.1 Å². The molecular weight excluding hydrogens is 469 g/mol. The van der Waals surface area contributed by atoms with Crippen LogP contribution in [-0.2, 0) is 14.8 Å². The SMILES string of the molecule is NC(N)c1cccc(C(CC(=O)Nc2ccc(-c3ccccc3S(N)(=O)=O)cc2)C(F)(F)F)c1. The molecule has 3 aromatic carbocycles. The number of hydrogen-bond donors (Lipinski definition) is 4. The Bertz CT molecular complexity index is 1280. The number of primary sulfonamides is 1. The van der Waals surface area contributed by atoms with E-state index in [1.54, 1.807) is 12.1 Å². The summed E-state index contributed by atoms with van der Waals surface area (Å²) in [5, 5.41) is 7.70. The van der Waals surface area contributed by atoms with E-state index in [1.165, 1.54) is 60.7 Å². The van der Waals surface area contributed by atoms with E-state index in [4.69, 9.17) is 16.6 Å². The third-order valence-electron chi connectivity index (χ3n) is 5.16. The van der Waals surface area contributed by atoms with Gasteiger partial charge in [0.25, 0.3) is 0 Å². The molecule has 34 heavy (non-hydrogen) atoms. The zero-order chi connectivity index (χ0) is 25.1. The fourth-order valence-electron chi connectivity index (χ4n) is 3.49. The first-order valence-electron chi connectivity index (χ1n) is 10.1. The molecule has 0 bridgehead atoms. The number of amides is 1. The molecule has 1 atom stereocenters. The average Bonchev–Trinajstić information content (AvgIpc) is 2.77. The molecule has 1 amide bonds. The Hall–Kier alpha value is -3.25. The summed E-state index contributed by atoms with van der Waals surface area (Å²) in [6.07, 6.45) is -6.46. The molecule has 3 rings (SSSR count). The lowest BCUT2D eigenvalue weighted by atomic mass is 9.92.